The van der Waals surface area contributed by atoms with Crippen molar-refractivity contribution >= 4 is 11.7 Å². The largest absolute Gasteiger partial charge is 0.480 e. The maximum Gasteiger partial charge on any atom is 0.322 e. The van der Waals surface area contributed by atoms with Crippen molar-refractivity contribution in [2.75, 3.05) is 25.0 Å². The van der Waals surface area contributed by atoms with Gasteiger partial charge in [-0.1, -0.05) is 25.1 Å². The van der Waals surface area contributed by atoms with Crippen molar-refractivity contribution in [1.29, 1.82) is 0 Å². The second-order valence-electron chi connectivity index (χ2n) is 4.06. The molecule has 1 aromatic carbocycles. The van der Waals surface area contributed by atoms with Crippen LogP contribution in [0, 0.1) is 0 Å². The number of nitrogens with one attached hydrogen (secondary N) is 1. The van der Waals surface area contributed by atoms with Crippen molar-refractivity contribution < 1.29 is 9.90 Å². The first-order valence-electron chi connectivity index (χ1n) is 5.87. The lowest BCUT2D eigenvalue weighted by molar-refractivity contribution is -0.139. The number of anilines is 1. The van der Waals surface area contributed by atoms with Crippen LogP contribution < -0.4 is 10.2 Å². The lowest BCUT2D eigenvalue weighted by Crippen LogP contribution is -2.45. The van der Waals surface area contributed by atoms with Crippen molar-refractivity contribution in [3.05, 3.63) is 30.3 Å². The summed E-state index contributed by atoms with van der Waals surface area (Å²) in [6.07, 6.45) is 0.929. The van der Waals surface area contributed by atoms with Gasteiger partial charge in [-0.2, -0.15) is 0 Å². The molecule has 1 atom stereocenters. The van der Waals surface area contributed by atoms with Gasteiger partial charge >= 0.3 is 5.97 Å². The maximum absolute atomic E-state index is 11.1. The normalized spacial score (nSPS) is 12.1. The van der Waals surface area contributed by atoms with E-state index < -0.39 is 12.0 Å². The Morgan fingerprint density at radius 1 is 1.41 bits per heavy atom. The van der Waals surface area contributed by atoms with E-state index in [1.807, 2.05) is 49.2 Å². The lowest BCUT2D eigenvalue weighted by atomic mass is 10.2. The Morgan fingerprint density at radius 2 is 2.06 bits per heavy atom. The van der Waals surface area contributed by atoms with Crippen molar-refractivity contribution in [2.24, 2.45) is 0 Å². The van der Waals surface area contributed by atoms with Gasteiger partial charge in [-0.3, -0.25) is 4.79 Å². The fourth-order valence-electron chi connectivity index (χ4n) is 1.61. The van der Waals surface area contributed by atoms with E-state index in [-0.39, 0.29) is 0 Å². The van der Waals surface area contributed by atoms with Crippen molar-refractivity contribution in [1.82, 2.24) is 5.32 Å². The number of carboxylic acids is 1. The maximum atomic E-state index is 11.1. The molecule has 17 heavy (non-hydrogen) atoms. The first-order chi connectivity index (χ1) is 8.15. The molecule has 0 bridgehead atoms. The van der Waals surface area contributed by atoms with E-state index >= 15 is 0 Å². The van der Waals surface area contributed by atoms with Gasteiger partial charge in [0, 0.05) is 19.3 Å². The second kappa shape index (κ2) is 6.91. The van der Waals surface area contributed by atoms with Crippen LogP contribution in [0.3, 0.4) is 0 Å². The minimum absolute atomic E-state index is 0.458. The van der Waals surface area contributed by atoms with Gasteiger partial charge in [-0.25, -0.2) is 0 Å². The van der Waals surface area contributed by atoms with E-state index in [0.29, 0.717) is 6.54 Å². The third-order valence-corrected chi connectivity index (χ3v) is 2.59. The monoisotopic (exact) mass is 236 g/mol. The Bertz CT molecular complexity index is 341. The number of carboxylic acid groups (broad SMARTS) is 1. The molecule has 0 aromatic heterocycles. The molecule has 4 nitrogen and oxygen atoms in total. The van der Waals surface area contributed by atoms with Gasteiger partial charge in [-0.15, -0.1) is 0 Å². The number of rotatable bonds is 7. The van der Waals surface area contributed by atoms with Gasteiger partial charge in [0.25, 0.3) is 0 Å². The first-order valence-corrected chi connectivity index (χ1v) is 5.87. The van der Waals surface area contributed by atoms with Gasteiger partial charge in [0.1, 0.15) is 6.04 Å². The molecule has 0 aliphatic rings. The molecule has 0 aliphatic heterocycles. The average molecular weight is 236 g/mol. The van der Waals surface area contributed by atoms with Crippen LogP contribution in [0.2, 0.25) is 0 Å². The van der Waals surface area contributed by atoms with E-state index in [9.17, 15) is 4.79 Å². The highest BCUT2D eigenvalue weighted by Gasteiger charge is 2.18. The fourth-order valence-corrected chi connectivity index (χ4v) is 1.61. The fraction of sp³-hybridized carbons (Fsp3) is 0.462. The predicted octanol–water partition coefficient (Wildman–Crippen LogP) is 1.58. The third kappa shape index (κ3) is 4.44. The average Bonchev–Trinajstić information content (AvgIpc) is 2.35. The number of hydrogen-bond donors (Lipinski definition) is 2. The molecule has 0 saturated heterocycles. The number of nitrogens with zero attached hydrogens (tertiary/aromatic N) is 1. The Hall–Kier alpha value is -1.55. The van der Waals surface area contributed by atoms with Crippen molar-refractivity contribution in [3.8, 4) is 0 Å². The quantitative estimate of drug-likeness (QED) is 0.754. The minimum atomic E-state index is -0.804. The molecule has 0 radical (unpaired) electrons. The summed E-state index contributed by atoms with van der Waals surface area (Å²) < 4.78 is 0. The molecule has 0 spiro atoms. The summed E-state index contributed by atoms with van der Waals surface area (Å²) in [6, 6.07) is 9.25. The van der Waals surface area contributed by atoms with Gasteiger partial charge in [0.05, 0.1) is 0 Å². The third-order valence-electron chi connectivity index (χ3n) is 2.59. The molecular weight excluding hydrogens is 216 g/mol. The van der Waals surface area contributed by atoms with E-state index in [1.54, 1.807) is 0 Å². The summed E-state index contributed by atoms with van der Waals surface area (Å²) in [7, 11) is 1.90. The van der Waals surface area contributed by atoms with E-state index in [2.05, 4.69) is 5.32 Å². The zero-order chi connectivity index (χ0) is 12.7. The van der Waals surface area contributed by atoms with Gasteiger partial charge in [-0.05, 0) is 25.1 Å². The Labute approximate surface area is 102 Å². The second-order valence-corrected chi connectivity index (χ2v) is 4.06. The molecule has 1 rings (SSSR count). The van der Waals surface area contributed by atoms with E-state index in [0.717, 1.165) is 18.7 Å². The highest BCUT2D eigenvalue weighted by molar-refractivity contribution is 5.74. The molecule has 0 amide bonds. The molecule has 1 aromatic rings. The van der Waals surface area contributed by atoms with Crippen LogP contribution in [0.4, 0.5) is 5.69 Å². The smallest absolute Gasteiger partial charge is 0.322 e. The van der Waals surface area contributed by atoms with Crippen molar-refractivity contribution in [3.63, 3.8) is 0 Å². The van der Waals surface area contributed by atoms with Crippen LogP contribution in [0.15, 0.2) is 30.3 Å². The summed E-state index contributed by atoms with van der Waals surface area (Å²) in [5, 5.41) is 12.1. The molecule has 0 saturated carbocycles. The molecule has 1 unspecified atom stereocenters. The highest BCUT2D eigenvalue weighted by atomic mass is 16.4. The van der Waals surface area contributed by atoms with E-state index in [1.165, 1.54) is 0 Å². The van der Waals surface area contributed by atoms with Crippen LogP contribution in [-0.2, 0) is 4.79 Å². The molecule has 4 heteroatoms. The summed E-state index contributed by atoms with van der Waals surface area (Å²) >= 11 is 0. The van der Waals surface area contributed by atoms with Crippen LogP contribution in [0.1, 0.15) is 13.3 Å². The standard InChI is InChI=1S/C13H20N2O2/c1-3-9-14-12(13(16)17)10-15(2)11-7-5-4-6-8-11/h4-8,12,14H,3,9-10H2,1-2H3,(H,16,17). The SMILES string of the molecule is CCCNC(CN(C)c1ccccc1)C(=O)O. The predicted molar refractivity (Wildman–Crippen MR) is 69.4 cm³/mol. The lowest BCUT2D eigenvalue weighted by Gasteiger charge is -2.24. The summed E-state index contributed by atoms with van der Waals surface area (Å²) in [4.78, 5) is 13.0. The zero-order valence-corrected chi connectivity index (χ0v) is 10.4. The number of para-hydroxylation sites is 1. The molecular formula is C13H20N2O2. The van der Waals surface area contributed by atoms with Crippen LogP contribution in [0.25, 0.3) is 0 Å². The van der Waals surface area contributed by atoms with Gasteiger partial charge in [0.15, 0.2) is 0 Å². The number of hydrogen-bond acceptors (Lipinski definition) is 3. The number of benzene rings is 1. The Kier molecular flexibility index (Phi) is 5.49. The van der Waals surface area contributed by atoms with Crippen LogP contribution >= 0.6 is 0 Å². The Balaban J connectivity index is 2.58. The van der Waals surface area contributed by atoms with Gasteiger partial charge in [0.2, 0.25) is 0 Å². The zero-order valence-electron chi connectivity index (χ0n) is 10.4. The summed E-state index contributed by atoms with van der Waals surface area (Å²) in [5.74, 6) is -0.804. The number of likely N-dealkylation sites (N-methyl/N-ethyl adjacent to an activating group) is 1. The molecule has 94 valence electrons. The molecule has 0 aliphatic carbocycles. The topological polar surface area (TPSA) is 52.6 Å². The van der Waals surface area contributed by atoms with Crippen molar-refractivity contribution in [2.45, 2.75) is 19.4 Å². The summed E-state index contributed by atoms with van der Waals surface area (Å²) in [5.41, 5.74) is 1.03. The molecule has 0 heterocycles. The minimum Gasteiger partial charge on any atom is -0.480 e. The number of aliphatic carboxylic acids is 1. The molecule has 2 N–H and O–H groups in total. The van der Waals surface area contributed by atoms with Crippen LogP contribution in [-0.4, -0.2) is 37.3 Å². The Morgan fingerprint density at radius 3 is 2.59 bits per heavy atom. The van der Waals surface area contributed by atoms with Crippen LogP contribution in [0.5, 0.6) is 0 Å². The first kappa shape index (κ1) is 13.5. The highest BCUT2D eigenvalue weighted by Crippen LogP contribution is 2.11. The summed E-state index contributed by atoms with van der Waals surface area (Å²) in [6.45, 7) is 3.20. The molecule has 0 fully saturated rings. The van der Waals surface area contributed by atoms with Gasteiger partial charge < -0.3 is 15.3 Å². The van der Waals surface area contributed by atoms with E-state index in [4.69, 9.17) is 5.11 Å². The number of carbonyl (C=O) groups is 1.